The van der Waals surface area contributed by atoms with Gasteiger partial charge in [-0.25, -0.2) is 27.3 Å². The van der Waals surface area contributed by atoms with Crippen molar-refractivity contribution in [2.45, 2.75) is 82.7 Å². The van der Waals surface area contributed by atoms with Crippen molar-refractivity contribution in [1.82, 2.24) is 35.5 Å². The van der Waals surface area contributed by atoms with Gasteiger partial charge in [0.25, 0.3) is 11.8 Å². The second kappa shape index (κ2) is 11.2. The predicted molar refractivity (Wildman–Crippen MR) is 133 cm³/mol. The number of hydrogen-bond acceptors (Lipinski definition) is 7. The van der Waals surface area contributed by atoms with Crippen LogP contribution >= 0.6 is 0 Å². The highest BCUT2D eigenvalue weighted by Gasteiger charge is 2.46. The van der Waals surface area contributed by atoms with Crippen LogP contribution in [0.3, 0.4) is 0 Å². The maximum Gasteiger partial charge on any atom is 0.394 e. The van der Waals surface area contributed by atoms with E-state index in [2.05, 4.69) is 35.7 Å². The van der Waals surface area contributed by atoms with Crippen molar-refractivity contribution in [2.24, 2.45) is 17.8 Å². The van der Waals surface area contributed by atoms with E-state index in [1.54, 1.807) is 6.07 Å². The summed E-state index contributed by atoms with van der Waals surface area (Å²) in [6.07, 6.45) is -3.81. The van der Waals surface area contributed by atoms with Crippen LogP contribution in [0.2, 0.25) is 0 Å². The van der Waals surface area contributed by atoms with Gasteiger partial charge >= 0.3 is 6.18 Å². The number of nitrogens with one attached hydrogen (secondary N) is 2. The fourth-order valence-electron chi connectivity index (χ4n) is 5.23. The fraction of sp³-hybridized carbons (Fsp3) is 0.615. The topological polar surface area (TPSA) is 127 Å². The molecule has 3 heterocycles. The third-order valence-corrected chi connectivity index (χ3v) is 8.02. The molecule has 3 aromatic heterocycles. The molecule has 228 valence electrons. The lowest BCUT2D eigenvalue weighted by Gasteiger charge is -2.33. The van der Waals surface area contributed by atoms with Crippen molar-refractivity contribution < 1.29 is 40.6 Å². The first-order chi connectivity index (χ1) is 19.7. The standard InChI is InChI=1S/C26H29F6N7O3/c1-12(26(30,31)32)19(27)23(40)35-21(14-3-4-14)16-9-18-34-17(11-39(18)33-10-16)22(15-5-7-25(28,29)8-6-15)36-24(41)20-13(2)37-42-38-20/h9-12,14-15,19,21-22H,3-8H2,1-2H3,(H,35,40)(H,36,41)/t12-,19+,21+,22-/m0/s1. The molecule has 3 aromatic rings. The maximum atomic E-state index is 14.4. The van der Waals surface area contributed by atoms with E-state index in [1.807, 2.05) is 0 Å². The SMILES string of the molecule is Cc1nonc1C(=O)N[C@H](c1cn2ncc([C@H](NC(=O)[C@H](F)[C@H](C)C(F)(F)F)C3CC3)cc2n1)C1CCC(F)(F)CC1. The molecule has 0 aliphatic heterocycles. The predicted octanol–water partition coefficient (Wildman–Crippen LogP) is 4.82. The molecule has 0 saturated heterocycles. The molecule has 16 heteroatoms. The highest BCUT2D eigenvalue weighted by Crippen LogP contribution is 2.43. The molecule has 2 N–H and O–H groups in total. The second-order valence-corrected chi connectivity index (χ2v) is 11.2. The number of imidazole rings is 1. The summed E-state index contributed by atoms with van der Waals surface area (Å²) in [7, 11) is 0. The van der Waals surface area contributed by atoms with Gasteiger partial charge < -0.3 is 10.6 Å². The van der Waals surface area contributed by atoms with Crippen molar-refractivity contribution in [3.8, 4) is 0 Å². The number of nitrogens with zero attached hydrogens (tertiary/aromatic N) is 5. The zero-order chi connectivity index (χ0) is 30.4. The summed E-state index contributed by atoms with van der Waals surface area (Å²) in [4.78, 5) is 30.0. The van der Waals surface area contributed by atoms with E-state index >= 15 is 0 Å². The van der Waals surface area contributed by atoms with Gasteiger partial charge in [0.15, 0.2) is 17.5 Å². The van der Waals surface area contributed by atoms with Gasteiger partial charge in [0.2, 0.25) is 5.92 Å². The second-order valence-electron chi connectivity index (χ2n) is 11.2. The molecule has 2 aliphatic rings. The first-order valence-corrected chi connectivity index (χ1v) is 13.6. The molecule has 0 spiro atoms. The minimum Gasteiger partial charge on any atom is -0.346 e. The zero-order valence-electron chi connectivity index (χ0n) is 22.7. The highest BCUT2D eigenvalue weighted by atomic mass is 19.4. The van der Waals surface area contributed by atoms with Crippen molar-refractivity contribution in [1.29, 1.82) is 0 Å². The Morgan fingerprint density at radius 3 is 2.33 bits per heavy atom. The minimum atomic E-state index is -4.87. The van der Waals surface area contributed by atoms with E-state index in [0.29, 0.717) is 31.0 Å². The number of carbonyl (C=O) groups excluding carboxylic acids is 2. The Labute approximate surface area is 235 Å². The number of hydrogen-bond donors (Lipinski definition) is 2. The largest absolute Gasteiger partial charge is 0.394 e. The van der Waals surface area contributed by atoms with E-state index in [1.165, 1.54) is 23.8 Å². The van der Waals surface area contributed by atoms with Crippen molar-refractivity contribution in [2.75, 3.05) is 0 Å². The lowest BCUT2D eigenvalue weighted by atomic mass is 9.81. The zero-order valence-corrected chi connectivity index (χ0v) is 22.7. The lowest BCUT2D eigenvalue weighted by molar-refractivity contribution is -0.188. The Hall–Kier alpha value is -3.72. The molecular weight excluding hydrogens is 572 g/mol. The first-order valence-electron chi connectivity index (χ1n) is 13.6. The third kappa shape index (κ3) is 6.36. The molecule has 4 atom stereocenters. The molecule has 2 aliphatic carbocycles. The summed E-state index contributed by atoms with van der Waals surface area (Å²) in [6, 6.07) is -0.00253. The van der Waals surface area contributed by atoms with Crippen molar-refractivity contribution in [3.05, 3.63) is 41.1 Å². The van der Waals surface area contributed by atoms with Gasteiger partial charge in [-0.05, 0) is 61.2 Å². The van der Waals surface area contributed by atoms with E-state index in [0.717, 1.165) is 0 Å². The number of carbonyl (C=O) groups is 2. The monoisotopic (exact) mass is 601 g/mol. The van der Waals surface area contributed by atoms with Gasteiger partial charge in [0, 0.05) is 12.8 Å². The van der Waals surface area contributed by atoms with Crippen LogP contribution in [-0.2, 0) is 4.79 Å². The Bertz CT molecular complexity index is 1440. The van der Waals surface area contributed by atoms with Gasteiger partial charge in [-0.1, -0.05) is 12.1 Å². The van der Waals surface area contributed by atoms with Gasteiger partial charge in [0.1, 0.15) is 5.69 Å². The minimum absolute atomic E-state index is 0.0562. The van der Waals surface area contributed by atoms with Crippen LogP contribution in [-0.4, -0.2) is 55.0 Å². The van der Waals surface area contributed by atoms with Crippen LogP contribution in [0.15, 0.2) is 23.1 Å². The van der Waals surface area contributed by atoms with Crippen LogP contribution in [0.5, 0.6) is 0 Å². The molecule has 0 aromatic carbocycles. The van der Waals surface area contributed by atoms with E-state index in [4.69, 9.17) is 0 Å². The Balaban J connectivity index is 1.41. The summed E-state index contributed by atoms with van der Waals surface area (Å²) in [6.45, 7) is 2.14. The molecule has 2 fully saturated rings. The fourth-order valence-corrected chi connectivity index (χ4v) is 5.23. The molecule has 2 saturated carbocycles. The van der Waals surface area contributed by atoms with Crippen molar-refractivity contribution in [3.63, 3.8) is 0 Å². The van der Waals surface area contributed by atoms with Crippen molar-refractivity contribution >= 4 is 17.5 Å². The third-order valence-electron chi connectivity index (χ3n) is 8.02. The lowest BCUT2D eigenvalue weighted by Crippen LogP contribution is -2.43. The van der Waals surface area contributed by atoms with Crippen LogP contribution in [0.25, 0.3) is 5.65 Å². The number of aromatic nitrogens is 5. The van der Waals surface area contributed by atoms with Crippen LogP contribution in [0.1, 0.15) is 85.0 Å². The summed E-state index contributed by atoms with van der Waals surface area (Å²) < 4.78 is 87.1. The number of alkyl halides is 6. The Kier molecular flexibility index (Phi) is 7.91. The number of halogens is 6. The molecule has 10 nitrogen and oxygen atoms in total. The molecule has 5 rings (SSSR count). The van der Waals surface area contributed by atoms with E-state index in [9.17, 15) is 35.9 Å². The maximum absolute atomic E-state index is 14.4. The van der Waals surface area contributed by atoms with E-state index < -0.39 is 48.1 Å². The van der Waals surface area contributed by atoms with Crippen LogP contribution < -0.4 is 10.6 Å². The molecule has 0 unspecified atom stereocenters. The molecular formula is C26H29F6N7O3. The summed E-state index contributed by atoms with van der Waals surface area (Å²) >= 11 is 0. The van der Waals surface area contributed by atoms with Gasteiger partial charge in [-0.3, -0.25) is 9.59 Å². The number of fused-ring (bicyclic) bond motifs is 1. The quantitative estimate of drug-likeness (QED) is 0.337. The average molecular weight is 602 g/mol. The van der Waals surface area contributed by atoms with Gasteiger partial charge in [-0.2, -0.15) is 18.3 Å². The molecule has 42 heavy (non-hydrogen) atoms. The Morgan fingerprint density at radius 2 is 1.74 bits per heavy atom. The number of aryl methyl sites for hydroxylation is 1. The molecule has 0 bridgehead atoms. The van der Waals surface area contributed by atoms with Crippen LogP contribution in [0, 0.1) is 24.7 Å². The van der Waals surface area contributed by atoms with Gasteiger partial charge in [-0.15, -0.1) is 0 Å². The van der Waals surface area contributed by atoms with E-state index in [-0.39, 0.29) is 54.6 Å². The number of amides is 2. The average Bonchev–Trinajstić information content (AvgIpc) is 3.54. The smallest absolute Gasteiger partial charge is 0.346 e. The highest BCUT2D eigenvalue weighted by molar-refractivity contribution is 5.93. The normalized spacial score (nSPS) is 20.6. The Morgan fingerprint density at radius 1 is 1.07 bits per heavy atom. The first kappa shape index (κ1) is 29.8. The van der Waals surface area contributed by atoms with Gasteiger partial charge in [0.05, 0.1) is 36.1 Å². The molecule has 0 radical (unpaired) electrons. The van der Waals surface area contributed by atoms with Crippen LogP contribution in [0.4, 0.5) is 26.3 Å². The number of rotatable bonds is 9. The summed E-state index contributed by atoms with van der Waals surface area (Å²) in [5.74, 6) is -7.75. The summed E-state index contributed by atoms with van der Waals surface area (Å²) in [5, 5.41) is 16.7. The summed E-state index contributed by atoms with van der Waals surface area (Å²) in [5.41, 5.74) is 1.23. The molecule has 2 amide bonds.